The van der Waals surface area contributed by atoms with E-state index >= 15 is 0 Å². The van der Waals surface area contributed by atoms with E-state index in [1.165, 1.54) is 99.4 Å². The number of hydrogen-bond donors (Lipinski definition) is 0. The molecule has 0 saturated carbocycles. The largest absolute Gasteiger partial charge is 0.310 e. The maximum absolute atomic E-state index is 2.52. The first-order valence-electron chi connectivity index (χ1n) is 26.3. The zero-order valence-electron chi connectivity index (χ0n) is 41.9. The van der Waals surface area contributed by atoms with Crippen LogP contribution in [0.5, 0.6) is 0 Å². The van der Waals surface area contributed by atoms with Crippen LogP contribution in [0.15, 0.2) is 309 Å². The Kier molecular flexibility index (Phi) is 11.2. The molecule has 0 spiro atoms. The summed E-state index contributed by atoms with van der Waals surface area (Å²) in [7, 11) is 0. The highest BCUT2D eigenvalue weighted by Crippen LogP contribution is 2.60. The van der Waals surface area contributed by atoms with Crippen LogP contribution in [0.25, 0.3) is 88.3 Å². The van der Waals surface area contributed by atoms with E-state index in [2.05, 4.69) is 314 Å². The Balaban J connectivity index is 1.03. The van der Waals surface area contributed by atoms with Gasteiger partial charge in [0.15, 0.2) is 0 Å². The van der Waals surface area contributed by atoms with Crippen LogP contribution in [0, 0.1) is 0 Å². The molecule has 0 fully saturated rings. The Bertz CT molecular complexity index is 4210. The highest BCUT2D eigenvalue weighted by atomic mass is 15.1. The third-order valence-electron chi connectivity index (χ3n) is 15.7. The SMILES string of the molecule is c1ccc(-c2ccc(N(c3cccc(-c4ccc5c(c4)c(-c4ccccc4)c(-c4ccccc4)c4ccccc45)c3)c3cccc4c3-c3ccccc3C4(c3ccccc3)c3ccccc3)cc2-c2ccccc2)cc1. The fraction of sp³-hybridized carbons (Fsp3) is 0.0133. The summed E-state index contributed by atoms with van der Waals surface area (Å²) in [5.74, 6) is 0. The van der Waals surface area contributed by atoms with E-state index in [4.69, 9.17) is 0 Å². The van der Waals surface area contributed by atoms with Gasteiger partial charge in [0.1, 0.15) is 0 Å². The van der Waals surface area contributed by atoms with Gasteiger partial charge < -0.3 is 4.90 Å². The molecule has 0 unspecified atom stereocenters. The molecule has 0 heterocycles. The maximum Gasteiger partial charge on any atom is 0.0714 e. The van der Waals surface area contributed by atoms with Gasteiger partial charge in [-0.3, -0.25) is 0 Å². The minimum atomic E-state index is -0.561. The van der Waals surface area contributed by atoms with Crippen molar-refractivity contribution in [2.75, 3.05) is 4.90 Å². The highest BCUT2D eigenvalue weighted by molar-refractivity contribution is 6.22. The average Bonchev–Trinajstić information content (AvgIpc) is 3.82. The van der Waals surface area contributed by atoms with Gasteiger partial charge in [0.2, 0.25) is 0 Å². The molecule has 0 bridgehead atoms. The number of fused-ring (bicyclic) bond motifs is 6. The molecular weight excluding hydrogens is 915 g/mol. The van der Waals surface area contributed by atoms with Crippen LogP contribution in [0.4, 0.5) is 17.1 Å². The van der Waals surface area contributed by atoms with E-state index in [1.807, 2.05) is 0 Å². The normalized spacial score (nSPS) is 12.3. The van der Waals surface area contributed by atoms with Crippen molar-refractivity contribution < 1.29 is 0 Å². The summed E-state index contributed by atoms with van der Waals surface area (Å²) in [6.07, 6.45) is 0. The second-order valence-electron chi connectivity index (χ2n) is 19.9. The van der Waals surface area contributed by atoms with Crippen molar-refractivity contribution in [1.29, 1.82) is 0 Å². The second kappa shape index (κ2) is 18.9. The summed E-state index contributed by atoms with van der Waals surface area (Å²) >= 11 is 0. The van der Waals surface area contributed by atoms with E-state index in [-0.39, 0.29) is 0 Å². The third kappa shape index (κ3) is 7.39. The van der Waals surface area contributed by atoms with Gasteiger partial charge in [-0.2, -0.15) is 0 Å². The van der Waals surface area contributed by atoms with Gasteiger partial charge >= 0.3 is 0 Å². The number of anilines is 3. The lowest BCUT2D eigenvalue weighted by Crippen LogP contribution is -2.28. The maximum atomic E-state index is 2.52. The van der Waals surface area contributed by atoms with Crippen LogP contribution in [-0.4, -0.2) is 0 Å². The van der Waals surface area contributed by atoms with Crippen LogP contribution >= 0.6 is 0 Å². The average molecular weight is 966 g/mol. The van der Waals surface area contributed by atoms with Crippen molar-refractivity contribution in [3.63, 3.8) is 0 Å². The van der Waals surface area contributed by atoms with Crippen LogP contribution in [-0.2, 0) is 5.41 Å². The third-order valence-corrected chi connectivity index (χ3v) is 15.7. The molecule has 1 aliphatic carbocycles. The van der Waals surface area contributed by atoms with Crippen molar-refractivity contribution in [2.24, 2.45) is 0 Å². The van der Waals surface area contributed by atoms with Crippen LogP contribution in [0.3, 0.4) is 0 Å². The van der Waals surface area contributed by atoms with Gasteiger partial charge in [0, 0.05) is 16.9 Å². The highest BCUT2D eigenvalue weighted by Gasteiger charge is 2.47. The molecule has 0 atom stereocenters. The number of rotatable bonds is 10. The summed E-state index contributed by atoms with van der Waals surface area (Å²) < 4.78 is 0. The first-order chi connectivity index (χ1) is 37.7. The van der Waals surface area contributed by atoms with E-state index in [9.17, 15) is 0 Å². The molecule has 0 aliphatic heterocycles. The van der Waals surface area contributed by atoms with Gasteiger partial charge in [-0.05, 0) is 141 Å². The van der Waals surface area contributed by atoms with Crippen LogP contribution < -0.4 is 4.90 Å². The Morgan fingerprint density at radius 3 is 1.33 bits per heavy atom. The lowest BCUT2D eigenvalue weighted by atomic mass is 9.68. The molecule has 0 aromatic heterocycles. The molecule has 14 rings (SSSR count). The predicted octanol–water partition coefficient (Wildman–Crippen LogP) is 20.2. The molecular formula is C75H51N. The van der Waals surface area contributed by atoms with Gasteiger partial charge in [-0.25, -0.2) is 0 Å². The summed E-state index contributed by atoms with van der Waals surface area (Å²) in [4.78, 5) is 2.52. The van der Waals surface area contributed by atoms with Crippen molar-refractivity contribution in [1.82, 2.24) is 0 Å². The Morgan fingerprint density at radius 2 is 0.684 bits per heavy atom. The van der Waals surface area contributed by atoms with E-state index in [1.54, 1.807) is 0 Å². The molecule has 76 heavy (non-hydrogen) atoms. The quantitative estimate of drug-likeness (QED) is 0.123. The monoisotopic (exact) mass is 965 g/mol. The van der Waals surface area contributed by atoms with E-state index in [0.29, 0.717) is 0 Å². The first kappa shape index (κ1) is 44.8. The fourth-order valence-corrected chi connectivity index (χ4v) is 12.5. The molecule has 1 aliphatic rings. The van der Waals surface area contributed by atoms with E-state index in [0.717, 1.165) is 28.2 Å². The predicted molar refractivity (Wildman–Crippen MR) is 321 cm³/mol. The Hall–Kier alpha value is -9.82. The van der Waals surface area contributed by atoms with Crippen LogP contribution in [0.2, 0.25) is 0 Å². The second-order valence-corrected chi connectivity index (χ2v) is 19.9. The first-order valence-corrected chi connectivity index (χ1v) is 26.3. The summed E-state index contributed by atoms with van der Waals surface area (Å²) in [5.41, 5.74) is 22.1. The van der Waals surface area contributed by atoms with Crippen molar-refractivity contribution in [3.8, 4) is 66.8 Å². The molecule has 1 nitrogen and oxygen atoms in total. The Morgan fingerprint density at radius 1 is 0.224 bits per heavy atom. The van der Waals surface area contributed by atoms with Crippen molar-refractivity contribution in [2.45, 2.75) is 5.41 Å². The number of hydrogen-bond acceptors (Lipinski definition) is 1. The van der Waals surface area contributed by atoms with Crippen molar-refractivity contribution in [3.05, 3.63) is 332 Å². The van der Waals surface area contributed by atoms with E-state index < -0.39 is 5.41 Å². The minimum Gasteiger partial charge on any atom is -0.310 e. The van der Waals surface area contributed by atoms with Gasteiger partial charge in [-0.15, -0.1) is 0 Å². The summed E-state index contributed by atoms with van der Waals surface area (Å²) in [6.45, 7) is 0. The van der Waals surface area contributed by atoms with Gasteiger partial charge in [-0.1, -0.05) is 273 Å². The lowest BCUT2D eigenvalue weighted by Gasteiger charge is -2.34. The molecule has 0 radical (unpaired) electrons. The standard InChI is InChI=1S/C75H51N/c1-7-25-52(26-8-1)62-48-46-61(51-67(62)53-27-9-2-10-28-53)76(71-44-24-43-70-74(71)66-41-21-22-42-69(66)75(70,58-34-15-5-16-35-58)59-36-17-6-18-37-59)60-38-23-33-56(49-60)57-45-47-64-63-39-19-20-40-65(63)72(54-29-11-3-12-30-54)73(68(64)50-57)55-31-13-4-14-32-55/h1-51H. The summed E-state index contributed by atoms with van der Waals surface area (Å²) in [6, 6.07) is 114. The molecule has 0 saturated heterocycles. The molecule has 356 valence electrons. The zero-order chi connectivity index (χ0) is 50.4. The zero-order valence-corrected chi connectivity index (χ0v) is 41.9. The topological polar surface area (TPSA) is 3.24 Å². The summed E-state index contributed by atoms with van der Waals surface area (Å²) in [5, 5.41) is 4.96. The molecule has 13 aromatic carbocycles. The molecule has 0 N–H and O–H groups in total. The van der Waals surface area contributed by atoms with Gasteiger partial charge in [0.25, 0.3) is 0 Å². The van der Waals surface area contributed by atoms with Crippen LogP contribution in [0.1, 0.15) is 22.3 Å². The number of nitrogens with zero attached hydrogens (tertiary/aromatic N) is 1. The smallest absolute Gasteiger partial charge is 0.0714 e. The number of benzene rings is 13. The fourth-order valence-electron chi connectivity index (χ4n) is 12.5. The molecule has 0 amide bonds. The molecule has 1 heteroatoms. The van der Waals surface area contributed by atoms with Gasteiger partial charge in [0.05, 0.1) is 11.1 Å². The van der Waals surface area contributed by atoms with Crippen molar-refractivity contribution >= 4 is 38.6 Å². The Labute approximate surface area is 444 Å². The minimum absolute atomic E-state index is 0.561. The lowest BCUT2D eigenvalue weighted by molar-refractivity contribution is 0.768. The molecule has 13 aromatic rings.